The minimum Gasteiger partial charge on any atom is -0.340 e. The number of halogens is 3. The fourth-order valence-electron chi connectivity index (χ4n) is 3.44. The highest BCUT2D eigenvalue weighted by Crippen LogP contribution is 2.35. The van der Waals surface area contributed by atoms with Gasteiger partial charge in [-0.15, -0.1) is 0 Å². The molecule has 0 bridgehead atoms. The van der Waals surface area contributed by atoms with Crippen molar-refractivity contribution >= 4 is 23.1 Å². The molecule has 1 heterocycles. The van der Waals surface area contributed by atoms with Crippen molar-refractivity contribution in [3.63, 3.8) is 0 Å². The minimum atomic E-state index is -4.57. The molecule has 2 aromatic carbocycles. The van der Waals surface area contributed by atoms with Crippen LogP contribution in [0.1, 0.15) is 56.2 Å². The molecule has 0 amide bonds. The van der Waals surface area contributed by atoms with E-state index in [1.807, 2.05) is 42.5 Å². The Kier molecular flexibility index (Phi) is 8.09. The van der Waals surface area contributed by atoms with Crippen molar-refractivity contribution < 1.29 is 13.2 Å². The lowest BCUT2D eigenvalue weighted by Gasteiger charge is -2.15. The average molecular weight is 443 g/mol. The van der Waals surface area contributed by atoms with Crippen LogP contribution in [0.3, 0.4) is 0 Å². The van der Waals surface area contributed by atoms with E-state index in [1.54, 1.807) is 6.07 Å². The maximum Gasteiger partial charge on any atom is 0.421 e. The van der Waals surface area contributed by atoms with Gasteiger partial charge >= 0.3 is 6.18 Å². The van der Waals surface area contributed by atoms with Crippen LogP contribution in [0.15, 0.2) is 54.7 Å². The van der Waals surface area contributed by atoms with Gasteiger partial charge in [0.15, 0.2) is 0 Å². The SMILES string of the molecule is CCCCCc1cccc(Nc2nc(Nc3ccc(CCC)cc3)ncc2C(F)(F)F)c1. The van der Waals surface area contributed by atoms with E-state index < -0.39 is 11.7 Å². The molecule has 32 heavy (non-hydrogen) atoms. The number of aromatic nitrogens is 2. The summed E-state index contributed by atoms with van der Waals surface area (Å²) in [5.41, 5.74) is 2.66. The first-order valence-corrected chi connectivity index (χ1v) is 11.0. The van der Waals surface area contributed by atoms with Crippen LogP contribution >= 0.6 is 0 Å². The summed E-state index contributed by atoms with van der Waals surface area (Å²) >= 11 is 0. The molecule has 4 nitrogen and oxygen atoms in total. The van der Waals surface area contributed by atoms with Gasteiger partial charge in [-0.3, -0.25) is 0 Å². The third kappa shape index (κ3) is 6.70. The monoisotopic (exact) mass is 442 g/mol. The lowest BCUT2D eigenvalue weighted by Crippen LogP contribution is -2.12. The molecular weight excluding hydrogens is 413 g/mol. The van der Waals surface area contributed by atoms with Crippen molar-refractivity contribution in [2.24, 2.45) is 0 Å². The molecule has 3 rings (SSSR count). The predicted octanol–water partition coefficient (Wildman–Crippen LogP) is 7.67. The lowest BCUT2D eigenvalue weighted by molar-refractivity contribution is -0.137. The van der Waals surface area contributed by atoms with E-state index in [4.69, 9.17) is 0 Å². The summed E-state index contributed by atoms with van der Waals surface area (Å²) in [4.78, 5) is 8.03. The summed E-state index contributed by atoms with van der Waals surface area (Å²) in [6, 6.07) is 15.2. The van der Waals surface area contributed by atoms with Crippen LogP contribution in [-0.4, -0.2) is 9.97 Å². The second-order valence-corrected chi connectivity index (χ2v) is 7.81. The molecule has 0 fully saturated rings. The summed E-state index contributed by atoms with van der Waals surface area (Å²) in [5.74, 6) is -0.175. The molecule has 1 aromatic heterocycles. The molecule has 170 valence electrons. The first-order chi connectivity index (χ1) is 15.4. The summed E-state index contributed by atoms with van der Waals surface area (Å²) in [5, 5.41) is 5.85. The van der Waals surface area contributed by atoms with E-state index in [1.165, 1.54) is 5.56 Å². The van der Waals surface area contributed by atoms with E-state index >= 15 is 0 Å². The summed E-state index contributed by atoms with van der Waals surface area (Å²) in [7, 11) is 0. The van der Waals surface area contributed by atoms with E-state index in [2.05, 4.69) is 34.4 Å². The normalized spacial score (nSPS) is 11.4. The molecule has 0 saturated heterocycles. The van der Waals surface area contributed by atoms with Crippen LogP contribution in [0.4, 0.5) is 36.3 Å². The molecule has 0 aliphatic heterocycles. The zero-order chi connectivity index (χ0) is 23.0. The highest BCUT2D eigenvalue weighted by atomic mass is 19.4. The molecule has 0 aliphatic carbocycles. The molecule has 0 unspecified atom stereocenters. The number of unbranched alkanes of at least 4 members (excludes halogenated alkanes) is 2. The fourth-order valence-corrected chi connectivity index (χ4v) is 3.44. The third-order valence-corrected chi connectivity index (χ3v) is 5.10. The second kappa shape index (κ2) is 11.0. The van der Waals surface area contributed by atoms with Crippen molar-refractivity contribution in [3.05, 3.63) is 71.4 Å². The largest absolute Gasteiger partial charge is 0.421 e. The first-order valence-electron chi connectivity index (χ1n) is 11.0. The molecule has 0 spiro atoms. The van der Waals surface area contributed by atoms with Crippen LogP contribution in [0.2, 0.25) is 0 Å². The van der Waals surface area contributed by atoms with E-state index in [-0.39, 0.29) is 11.8 Å². The Morgan fingerprint density at radius 3 is 2.28 bits per heavy atom. The fraction of sp³-hybridized carbons (Fsp3) is 0.360. The number of aryl methyl sites for hydroxylation is 2. The number of nitrogens with one attached hydrogen (secondary N) is 2. The maximum absolute atomic E-state index is 13.6. The molecule has 2 N–H and O–H groups in total. The Hall–Kier alpha value is -3.09. The van der Waals surface area contributed by atoms with Gasteiger partial charge in [0, 0.05) is 17.6 Å². The van der Waals surface area contributed by atoms with Gasteiger partial charge in [0.25, 0.3) is 0 Å². The van der Waals surface area contributed by atoms with Crippen LogP contribution < -0.4 is 10.6 Å². The molecule has 3 aromatic rings. The number of nitrogens with zero attached hydrogens (tertiary/aromatic N) is 2. The van der Waals surface area contributed by atoms with Crippen LogP contribution in [0.25, 0.3) is 0 Å². The standard InChI is InChI=1S/C25H29F3N4/c1-3-5-6-9-19-10-7-11-21(16-19)30-23-22(25(26,27)28)17-29-24(32-23)31-20-14-12-18(8-4-2)13-15-20/h7,10-17H,3-6,8-9H2,1-2H3,(H2,29,30,31,32). The highest BCUT2D eigenvalue weighted by molar-refractivity contribution is 5.63. The van der Waals surface area contributed by atoms with Crippen molar-refractivity contribution in [3.8, 4) is 0 Å². The summed E-state index contributed by atoms with van der Waals surface area (Å²) in [6.45, 7) is 4.24. The Labute approximate surface area is 187 Å². The van der Waals surface area contributed by atoms with Crippen LogP contribution in [0.5, 0.6) is 0 Å². The van der Waals surface area contributed by atoms with Gasteiger partial charge in [0.2, 0.25) is 5.95 Å². The number of anilines is 4. The zero-order valence-electron chi connectivity index (χ0n) is 18.5. The number of benzene rings is 2. The first kappa shape index (κ1) is 23.6. The van der Waals surface area contributed by atoms with E-state index in [9.17, 15) is 13.2 Å². The molecular formula is C25H29F3N4. The van der Waals surface area contributed by atoms with Crippen molar-refractivity contribution in [2.45, 2.75) is 58.5 Å². The summed E-state index contributed by atoms with van der Waals surface area (Å²) < 4.78 is 40.7. The second-order valence-electron chi connectivity index (χ2n) is 7.81. The minimum absolute atomic E-state index is 0.0999. The summed E-state index contributed by atoms with van der Waals surface area (Å²) in [6.07, 6.45) is 2.44. The molecule has 0 aliphatic rings. The van der Waals surface area contributed by atoms with Gasteiger partial charge in [-0.1, -0.05) is 57.4 Å². The topological polar surface area (TPSA) is 49.8 Å². The Morgan fingerprint density at radius 1 is 0.812 bits per heavy atom. The van der Waals surface area contributed by atoms with E-state index in [0.29, 0.717) is 11.4 Å². The third-order valence-electron chi connectivity index (χ3n) is 5.10. The lowest BCUT2D eigenvalue weighted by atomic mass is 10.1. The van der Waals surface area contributed by atoms with Crippen molar-refractivity contribution in [1.82, 2.24) is 9.97 Å². The van der Waals surface area contributed by atoms with Crippen molar-refractivity contribution in [2.75, 3.05) is 10.6 Å². The number of hydrogen-bond donors (Lipinski definition) is 2. The smallest absolute Gasteiger partial charge is 0.340 e. The van der Waals surface area contributed by atoms with Gasteiger partial charge in [-0.25, -0.2) is 4.98 Å². The number of alkyl halides is 3. The Morgan fingerprint density at radius 2 is 1.59 bits per heavy atom. The maximum atomic E-state index is 13.6. The van der Waals surface area contributed by atoms with Gasteiger partial charge in [0.05, 0.1) is 0 Å². The highest BCUT2D eigenvalue weighted by Gasteiger charge is 2.35. The van der Waals surface area contributed by atoms with E-state index in [0.717, 1.165) is 50.3 Å². The van der Waals surface area contributed by atoms with Gasteiger partial charge in [-0.2, -0.15) is 18.2 Å². The van der Waals surface area contributed by atoms with Gasteiger partial charge in [-0.05, 0) is 54.7 Å². The zero-order valence-corrected chi connectivity index (χ0v) is 18.5. The molecule has 0 atom stereocenters. The average Bonchev–Trinajstić information content (AvgIpc) is 2.75. The Balaban J connectivity index is 1.82. The molecule has 0 radical (unpaired) electrons. The quantitative estimate of drug-likeness (QED) is 0.316. The van der Waals surface area contributed by atoms with Crippen LogP contribution in [-0.2, 0) is 19.0 Å². The van der Waals surface area contributed by atoms with Crippen LogP contribution in [0, 0.1) is 0 Å². The number of hydrogen-bond acceptors (Lipinski definition) is 4. The molecule has 0 saturated carbocycles. The van der Waals surface area contributed by atoms with Gasteiger partial charge in [0.1, 0.15) is 11.4 Å². The van der Waals surface area contributed by atoms with Gasteiger partial charge < -0.3 is 10.6 Å². The number of rotatable bonds is 10. The molecule has 7 heteroatoms. The van der Waals surface area contributed by atoms with Crippen molar-refractivity contribution in [1.29, 1.82) is 0 Å². The Bertz CT molecular complexity index is 1000. The predicted molar refractivity (Wildman–Crippen MR) is 124 cm³/mol.